The van der Waals surface area contributed by atoms with Gasteiger partial charge in [-0.2, -0.15) is 0 Å². The molecule has 0 aromatic carbocycles. The Morgan fingerprint density at radius 3 is 3.00 bits per heavy atom. The van der Waals surface area contributed by atoms with Crippen molar-refractivity contribution in [3.8, 4) is 0 Å². The number of aromatic nitrogens is 1. The van der Waals surface area contributed by atoms with Gasteiger partial charge in [0.2, 0.25) is 0 Å². The van der Waals surface area contributed by atoms with Crippen LogP contribution in [0.1, 0.15) is 26.2 Å². The van der Waals surface area contributed by atoms with E-state index in [1.54, 1.807) is 6.20 Å². The highest BCUT2D eigenvalue weighted by Gasteiger charge is 2.25. The van der Waals surface area contributed by atoms with Gasteiger partial charge >= 0.3 is 0 Å². The third-order valence-electron chi connectivity index (χ3n) is 3.10. The van der Waals surface area contributed by atoms with Crippen molar-refractivity contribution in [2.75, 3.05) is 18.0 Å². The number of halogens is 1. The minimum atomic E-state index is -0.546. The molecule has 3 nitrogen and oxygen atoms in total. The number of hydrogen-bond acceptors (Lipinski definition) is 3. The maximum absolute atomic E-state index is 10.0. The van der Waals surface area contributed by atoms with Crippen LogP contribution < -0.4 is 4.90 Å². The van der Waals surface area contributed by atoms with Crippen molar-refractivity contribution in [2.45, 2.75) is 31.8 Å². The summed E-state index contributed by atoms with van der Waals surface area (Å²) in [5.41, 5.74) is -0.546. The van der Waals surface area contributed by atoms with E-state index in [2.05, 4.69) is 9.88 Å². The van der Waals surface area contributed by atoms with Crippen molar-refractivity contribution in [3.63, 3.8) is 0 Å². The van der Waals surface area contributed by atoms with Gasteiger partial charge in [-0.05, 0) is 38.3 Å². The summed E-state index contributed by atoms with van der Waals surface area (Å²) < 4.78 is 0. The lowest BCUT2D eigenvalue weighted by Gasteiger charge is -2.23. The molecule has 1 aliphatic rings. The maximum Gasteiger partial charge on any atom is 0.147 e. The van der Waals surface area contributed by atoms with E-state index in [0.29, 0.717) is 5.02 Å². The van der Waals surface area contributed by atoms with Gasteiger partial charge in [0.1, 0.15) is 5.82 Å². The molecule has 1 atom stereocenters. The lowest BCUT2D eigenvalue weighted by atomic mass is 9.98. The SMILES string of the molecule is CC1(O)CCCN(c2ncccc2Cl)CC1. The van der Waals surface area contributed by atoms with Crippen molar-refractivity contribution >= 4 is 17.4 Å². The third-order valence-corrected chi connectivity index (χ3v) is 3.40. The fourth-order valence-corrected chi connectivity index (χ4v) is 2.33. The van der Waals surface area contributed by atoms with Crippen molar-refractivity contribution < 1.29 is 5.11 Å². The van der Waals surface area contributed by atoms with Gasteiger partial charge in [-0.15, -0.1) is 0 Å². The minimum absolute atomic E-state index is 0.546. The van der Waals surface area contributed by atoms with Gasteiger partial charge in [0.25, 0.3) is 0 Å². The van der Waals surface area contributed by atoms with Crippen LogP contribution in [0, 0.1) is 0 Å². The predicted molar refractivity (Wildman–Crippen MR) is 65.9 cm³/mol. The van der Waals surface area contributed by atoms with Crippen molar-refractivity contribution in [2.24, 2.45) is 0 Å². The van der Waals surface area contributed by atoms with E-state index in [0.717, 1.165) is 38.2 Å². The minimum Gasteiger partial charge on any atom is -0.390 e. The summed E-state index contributed by atoms with van der Waals surface area (Å²) in [6.45, 7) is 3.62. The molecule has 2 heterocycles. The highest BCUT2D eigenvalue weighted by Crippen LogP contribution is 2.28. The van der Waals surface area contributed by atoms with E-state index >= 15 is 0 Å². The van der Waals surface area contributed by atoms with Crippen LogP contribution in [0.3, 0.4) is 0 Å². The first kappa shape index (κ1) is 11.7. The summed E-state index contributed by atoms with van der Waals surface area (Å²) in [6, 6.07) is 3.69. The van der Waals surface area contributed by atoms with Crippen molar-refractivity contribution in [1.29, 1.82) is 0 Å². The predicted octanol–water partition coefficient (Wildman–Crippen LogP) is 2.48. The van der Waals surface area contributed by atoms with E-state index in [-0.39, 0.29) is 0 Å². The largest absolute Gasteiger partial charge is 0.390 e. The second-order valence-corrected chi connectivity index (χ2v) is 5.05. The average molecular weight is 241 g/mol. The van der Waals surface area contributed by atoms with Gasteiger partial charge in [-0.3, -0.25) is 0 Å². The van der Waals surface area contributed by atoms with Crippen molar-refractivity contribution in [1.82, 2.24) is 4.98 Å². The highest BCUT2D eigenvalue weighted by atomic mass is 35.5. The first-order chi connectivity index (χ1) is 7.58. The first-order valence-electron chi connectivity index (χ1n) is 5.66. The van der Waals surface area contributed by atoms with Gasteiger partial charge in [0, 0.05) is 19.3 Å². The molecule has 0 spiro atoms. The number of rotatable bonds is 1. The molecule has 16 heavy (non-hydrogen) atoms. The van der Waals surface area contributed by atoms with Gasteiger partial charge in [0.15, 0.2) is 0 Å². The van der Waals surface area contributed by atoms with E-state index in [9.17, 15) is 5.11 Å². The Hall–Kier alpha value is -0.800. The smallest absolute Gasteiger partial charge is 0.147 e. The number of pyridine rings is 1. The molecule has 2 rings (SSSR count). The molecular formula is C12H17ClN2O. The Morgan fingerprint density at radius 1 is 1.44 bits per heavy atom. The van der Waals surface area contributed by atoms with Crippen LogP contribution in [0.4, 0.5) is 5.82 Å². The maximum atomic E-state index is 10.0. The Balaban J connectivity index is 2.14. The summed E-state index contributed by atoms with van der Waals surface area (Å²) in [5.74, 6) is 0.835. The lowest BCUT2D eigenvalue weighted by molar-refractivity contribution is 0.0481. The number of aliphatic hydroxyl groups is 1. The second kappa shape index (κ2) is 4.60. The standard InChI is InChI=1S/C12H17ClN2O/c1-12(16)5-3-8-15(9-6-12)11-10(13)4-2-7-14-11/h2,4,7,16H,3,5-6,8-9H2,1H3. The van der Waals surface area contributed by atoms with Gasteiger partial charge in [-0.25, -0.2) is 4.98 Å². The van der Waals surface area contributed by atoms with Crippen LogP contribution in [0.2, 0.25) is 5.02 Å². The fraction of sp³-hybridized carbons (Fsp3) is 0.583. The molecule has 1 unspecified atom stereocenters. The molecule has 4 heteroatoms. The van der Waals surface area contributed by atoms with Crippen LogP contribution in [0.5, 0.6) is 0 Å². The number of hydrogen-bond donors (Lipinski definition) is 1. The molecule has 0 amide bonds. The molecule has 1 aromatic heterocycles. The van der Waals surface area contributed by atoms with Crippen LogP contribution >= 0.6 is 11.6 Å². The van der Waals surface area contributed by atoms with Crippen molar-refractivity contribution in [3.05, 3.63) is 23.4 Å². The Bertz CT molecular complexity index is 368. The molecule has 1 N–H and O–H groups in total. The summed E-state index contributed by atoms with van der Waals surface area (Å²) in [6.07, 6.45) is 4.33. The molecule has 88 valence electrons. The summed E-state index contributed by atoms with van der Waals surface area (Å²) in [4.78, 5) is 6.46. The number of nitrogens with zero attached hydrogens (tertiary/aromatic N) is 2. The van der Waals surface area contributed by atoms with Gasteiger partial charge in [-0.1, -0.05) is 11.6 Å². The zero-order chi connectivity index (χ0) is 11.6. The molecule has 0 saturated carbocycles. The normalized spacial score (nSPS) is 26.6. The van der Waals surface area contributed by atoms with Crippen LogP contribution in [0.15, 0.2) is 18.3 Å². The summed E-state index contributed by atoms with van der Waals surface area (Å²) >= 11 is 6.12. The van der Waals surface area contributed by atoms with Crippen LogP contribution in [-0.2, 0) is 0 Å². The molecule has 0 bridgehead atoms. The van der Waals surface area contributed by atoms with Crippen LogP contribution in [-0.4, -0.2) is 28.8 Å². The van der Waals surface area contributed by atoms with Gasteiger partial charge < -0.3 is 10.0 Å². The molecular weight excluding hydrogens is 224 g/mol. The monoisotopic (exact) mass is 240 g/mol. The van der Waals surface area contributed by atoms with Gasteiger partial charge in [0.05, 0.1) is 10.6 Å². The molecule has 0 radical (unpaired) electrons. The molecule has 1 aliphatic heterocycles. The zero-order valence-electron chi connectivity index (χ0n) is 9.49. The Morgan fingerprint density at radius 2 is 2.25 bits per heavy atom. The topological polar surface area (TPSA) is 36.4 Å². The quantitative estimate of drug-likeness (QED) is 0.819. The molecule has 0 aliphatic carbocycles. The summed E-state index contributed by atoms with van der Waals surface area (Å²) in [7, 11) is 0. The average Bonchev–Trinajstić information content (AvgIpc) is 2.40. The number of anilines is 1. The highest BCUT2D eigenvalue weighted by molar-refractivity contribution is 6.32. The summed E-state index contributed by atoms with van der Waals surface area (Å²) in [5, 5.41) is 10.7. The Labute approximate surface area is 101 Å². The zero-order valence-corrected chi connectivity index (χ0v) is 10.2. The van der Waals surface area contributed by atoms with E-state index in [1.165, 1.54) is 0 Å². The molecule has 1 saturated heterocycles. The first-order valence-corrected chi connectivity index (χ1v) is 6.04. The third kappa shape index (κ3) is 2.66. The second-order valence-electron chi connectivity index (χ2n) is 4.65. The van der Waals surface area contributed by atoms with Crippen LogP contribution in [0.25, 0.3) is 0 Å². The van der Waals surface area contributed by atoms with E-state index in [1.807, 2.05) is 19.1 Å². The fourth-order valence-electron chi connectivity index (χ4n) is 2.09. The van der Waals surface area contributed by atoms with E-state index in [4.69, 9.17) is 11.6 Å². The lowest BCUT2D eigenvalue weighted by Crippen LogP contribution is -2.28. The Kier molecular flexibility index (Phi) is 3.36. The molecule has 1 aromatic rings. The van der Waals surface area contributed by atoms with E-state index < -0.39 is 5.60 Å². The molecule has 1 fully saturated rings.